The molecule has 138 valence electrons. The first-order valence-electron chi connectivity index (χ1n) is 8.06. The molecule has 2 rings (SSSR count). The molecule has 0 aromatic heterocycles. The number of carbonyl (C=O) groups excluding carboxylic acids is 2. The smallest absolute Gasteiger partial charge is 0.319 e. The summed E-state index contributed by atoms with van der Waals surface area (Å²) in [4.78, 5) is 27.8. The lowest BCUT2D eigenvalue weighted by Gasteiger charge is -2.33. The topological polar surface area (TPSA) is 71.1 Å². The van der Waals surface area contributed by atoms with E-state index < -0.39 is 0 Å². The Bertz CT molecular complexity index is 643. The second kappa shape index (κ2) is 8.29. The van der Waals surface area contributed by atoms with E-state index in [0.29, 0.717) is 48.1 Å². The van der Waals surface area contributed by atoms with Crippen molar-refractivity contribution in [3.63, 3.8) is 0 Å². The third-order valence-corrected chi connectivity index (χ3v) is 4.55. The zero-order chi connectivity index (χ0) is 18.6. The maximum absolute atomic E-state index is 12.6. The van der Waals surface area contributed by atoms with Crippen molar-refractivity contribution in [2.45, 2.75) is 12.8 Å². The first-order chi connectivity index (χ1) is 11.9. The minimum atomic E-state index is -0.155. The number of nitrogens with one attached hydrogen (secondary N) is 1. The molecule has 8 heteroatoms. The number of likely N-dealkylation sites (tertiary alicyclic amines) is 1. The third-order valence-electron chi connectivity index (χ3n) is 4.25. The Morgan fingerprint density at radius 2 is 1.76 bits per heavy atom. The van der Waals surface area contributed by atoms with Gasteiger partial charge in [-0.15, -0.1) is 0 Å². The Morgan fingerprint density at radius 3 is 2.28 bits per heavy atom. The lowest BCUT2D eigenvalue weighted by Crippen LogP contribution is -2.45. The van der Waals surface area contributed by atoms with Crippen LogP contribution in [0.5, 0.6) is 11.5 Å². The molecule has 7 nitrogen and oxygen atoms in total. The number of ether oxygens (including phenoxy) is 2. The number of anilines is 1. The number of hydrogen-bond acceptors (Lipinski definition) is 4. The normalized spacial score (nSPS) is 14.8. The van der Waals surface area contributed by atoms with Gasteiger partial charge in [0.05, 0.1) is 24.9 Å². The van der Waals surface area contributed by atoms with Crippen LogP contribution in [0.15, 0.2) is 12.1 Å². The Hall–Kier alpha value is -2.15. The van der Waals surface area contributed by atoms with Gasteiger partial charge in [-0.05, 0) is 12.8 Å². The predicted molar refractivity (Wildman–Crippen MR) is 96.6 cm³/mol. The van der Waals surface area contributed by atoms with Gasteiger partial charge in [-0.1, -0.05) is 11.6 Å². The Balaban J connectivity index is 2.03. The van der Waals surface area contributed by atoms with Gasteiger partial charge in [-0.25, -0.2) is 4.79 Å². The van der Waals surface area contributed by atoms with Gasteiger partial charge < -0.3 is 24.6 Å². The van der Waals surface area contributed by atoms with Gasteiger partial charge in [-0.2, -0.15) is 0 Å². The average molecular weight is 370 g/mol. The van der Waals surface area contributed by atoms with Crippen LogP contribution in [0.1, 0.15) is 12.8 Å². The van der Waals surface area contributed by atoms with E-state index >= 15 is 0 Å². The molecule has 1 aromatic carbocycles. The van der Waals surface area contributed by atoms with Crippen LogP contribution >= 0.6 is 11.6 Å². The molecule has 0 bridgehead atoms. The highest BCUT2D eigenvalue weighted by molar-refractivity contribution is 6.32. The Labute approximate surface area is 152 Å². The van der Waals surface area contributed by atoms with Crippen LogP contribution in [0.3, 0.4) is 0 Å². The van der Waals surface area contributed by atoms with Crippen LogP contribution in [0.25, 0.3) is 0 Å². The van der Waals surface area contributed by atoms with Crippen molar-refractivity contribution in [1.29, 1.82) is 0 Å². The number of rotatable bonds is 4. The van der Waals surface area contributed by atoms with Crippen LogP contribution in [0, 0.1) is 5.92 Å². The summed E-state index contributed by atoms with van der Waals surface area (Å²) in [6.07, 6.45) is 1.25. The second-order valence-corrected chi connectivity index (χ2v) is 6.52. The standard InChI is InChI=1S/C17H24ClN3O4/c1-20(2)17(23)21-7-5-11(6-8-21)16(22)19-13-10-14(24-3)12(18)9-15(13)25-4/h9-11H,5-8H2,1-4H3,(H,19,22). The molecule has 0 atom stereocenters. The molecule has 0 spiro atoms. The van der Waals surface area contributed by atoms with Crippen molar-refractivity contribution in [2.24, 2.45) is 5.92 Å². The van der Waals surface area contributed by atoms with E-state index in [0.717, 1.165) is 0 Å². The van der Waals surface area contributed by atoms with Gasteiger partial charge in [0.25, 0.3) is 0 Å². The van der Waals surface area contributed by atoms with Crippen LogP contribution < -0.4 is 14.8 Å². The summed E-state index contributed by atoms with van der Waals surface area (Å²) in [5.74, 6) is 0.681. The molecule has 0 radical (unpaired) electrons. The SMILES string of the molecule is COc1cc(NC(=O)C2CCN(C(=O)N(C)C)CC2)c(OC)cc1Cl. The van der Waals surface area contributed by atoms with Crippen molar-refractivity contribution in [1.82, 2.24) is 9.80 Å². The quantitative estimate of drug-likeness (QED) is 0.885. The highest BCUT2D eigenvalue weighted by atomic mass is 35.5. The van der Waals surface area contributed by atoms with Crippen molar-refractivity contribution in [3.8, 4) is 11.5 Å². The number of nitrogens with zero attached hydrogens (tertiary/aromatic N) is 2. The maximum atomic E-state index is 12.6. The van der Waals surface area contributed by atoms with Gasteiger partial charge in [0, 0.05) is 45.2 Å². The Kier molecular flexibility index (Phi) is 6.36. The first kappa shape index (κ1) is 19.2. The molecule has 1 heterocycles. The molecular weight excluding hydrogens is 346 g/mol. The Morgan fingerprint density at radius 1 is 1.16 bits per heavy atom. The van der Waals surface area contributed by atoms with Gasteiger partial charge in [0.15, 0.2) is 0 Å². The fourth-order valence-electron chi connectivity index (χ4n) is 2.81. The van der Waals surface area contributed by atoms with Crippen molar-refractivity contribution in [2.75, 3.05) is 46.7 Å². The average Bonchev–Trinajstić information content (AvgIpc) is 2.62. The summed E-state index contributed by atoms with van der Waals surface area (Å²) < 4.78 is 10.5. The molecule has 0 saturated carbocycles. The zero-order valence-electron chi connectivity index (χ0n) is 15.0. The fourth-order valence-corrected chi connectivity index (χ4v) is 3.04. The van der Waals surface area contributed by atoms with Gasteiger partial charge in [0.1, 0.15) is 11.5 Å². The molecule has 0 unspecified atom stereocenters. The van der Waals surface area contributed by atoms with Gasteiger partial charge >= 0.3 is 6.03 Å². The number of carbonyl (C=O) groups is 2. The number of urea groups is 1. The maximum Gasteiger partial charge on any atom is 0.319 e. The van der Waals surface area contributed by atoms with Crippen LogP contribution in [0.4, 0.5) is 10.5 Å². The molecule has 1 aromatic rings. The van der Waals surface area contributed by atoms with Crippen molar-refractivity contribution in [3.05, 3.63) is 17.2 Å². The molecule has 1 aliphatic rings. The summed E-state index contributed by atoms with van der Waals surface area (Å²) in [5.41, 5.74) is 0.514. The van der Waals surface area contributed by atoms with Gasteiger partial charge in [0.2, 0.25) is 5.91 Å². The van der Waals surface area contributed by atoms with Crippen LogP contribution in [-0.2, 0) is 4.79 Å². The van der Waals surface area contributed by atoms with E-state index in [2.05, 4.69) is 5.32 Å². The summed E-state index contributed by atoms with van der Waals surface area (Å²) in [6, 6.07) is 3.22. The highest BCUT2D eigenvalue weighted by Gasteiger charge is 2.28. The van der Waals surface area contributed by atoms with E-state index in [1.807, 2.05) is 0 Å². The van der Waals surface area contributed by atoms with E-state index in [1.54, 1.807) is 36.0 Å². The third kappa shape index (κ3) is 4.48. The monoisotopic (exact) mass is 369 g/mol. The number of halogens is 1. The summed E-state index contributed by atoms with van der Waals surface area (Å²) in [7, 11) is 6.47. The minimum absolute atomic E-state index is 0.0250. The molecular formula is C17H24ClN3O4. The van der Waals surface area contributed by atoms with Gasteiger partial charge in [-0.3, -0.25) is 4.79 Å². The van der Waals surface area contributed by atoms with E-state index in [-0.39, 0.29) is 17.9 Å². The van der Waals surface area contributed by atoms with Crippen molar-refractivity contribution < 1.29 is 19.1 Å². The largest absolute Gasteiger partial charge is 0.495 e. The first-order valence-corrected chi connectivity index (χ1v) is 8.43. The molecule has 1 aliphatic heterocycles. The number of methoxy groups -OCH3 is 2. The number of hydrogen-bond donors (Lipinski definition) is 1. The number of amides is 3. The van der Waals surface area contributed by atoms with E-state index in [1.165, 1.54) is 14.2 Å². The number of benzene rings is 1. The molecule has 25 heavy (non-hydrogen) atoms. The highest BCUT2D eigenvalue weighted by Crippen LogP contribution is 2.36. The summed E-state index contributed by atoms with van der Waals surface area (Å²) in [6.45, 7) is 1.13. The number of piperidine rings is 1. The van der Waals surface area contributed by atoms with Crippen LogP contribution in [-0.4, -0.2) is 63.1 Å². The molecule has 1 saturated heterocycles. The lowest BCUT2D eigenvalue weighted by molar-refractivity contribution is -0.121. The second-order valence-electron chi connectivity index (χ2n) is 6.11. The molecule has 0 aliphatic carbocycles. The zero-order valence-corrected chi connectivity index (χ0v) is 15.7. The lowest BCUT2D eigenvalue weighted by atomic mass is 9.96. The molecule has 1 fully saturated rings. The fraction of sp³-hybridized carbons (Fsp3) is 0.529. The summed E-state index contributed by atoms with van der Waals surface area (Å²) >= 11 is 6.08. The van der Waals surface area contributed by atoms with Crippen molar-refractivity contribution >= 4 is 29.2 Å². The molecule has 1 N–H and O–H groups in total. The predicted octanol–water partition coefficient (Wildman–Crippen LogP) is 2.69. The molecule has 3 amide bonds. The van der Waals surface area contributed by atoms with E-state index in [4.69, 9.17) is 21.1 Å². The van der Waals surface area contributed by atoms with E-state index in [9.17, 15) is 9.59 Å². The minimum Gasteiger partial charge on any atom is -0.495 e. The van der Waals surface area contributed by atoms with Crippen LogP contribution in [0.2, 0.25) is 5.02 Å². The summed E-state index contributed by atoms with van der Waals surface area (Å²) in [5, 5.41) is 3.29.